The lowest BCUT2D eigenvalue weighted by Crippen LogP contribution is -3.13. The Balaban J connectivity index is 1.20. The Labute approximate surface area is 199 Å². The number of benzene rings is 3. The van der Waals surface area contributed by atoms with Gasteiger partial charge in [-0.3, -0.25) is 0 Å². The minimum atomic E-state index is -3.57. The van der Waals surface area contributed by atoms with Crippen molar-refractivity contribution in [1.29, 1.82) is 0 Å². The molecule has 0 unspecified atom stereocenters. The van der Waals surface area contributed by atoms with Crippen LogP contribution in [-0.2, 0) is 16.6 Å². The molecule has 2 heterocycles. The number of fused-ring (bicyclic) bond motifs is 1. The highest BCUT2D eigenvalue weighted by Crippen LogP contribution is 2.33. The van der Waals surface area contributed by atoms with E-state index in [1.165, 1.54) is 4.90 Å². The van der Waals surface area contributed by atoms with Crippen molar-refractivity contribution in [2.24, 2.45) is 0 Å². The zero-order chi connectivity index (χ0) is 23.5. The molecule has 0 bridgehead atoms. The predicted molar refractivity (Wildman–Crippen MR) is 125 cm³/mol. The Morgan fingerprint density at radius 3 is 2.35 bits per heavy atom. The first kappa shape index (κ1) is 22.5. The number of quaternary nitrogens is 1. The molecular formula is C25H27N2O6S+. The van der Waals surface area contributed by atoms with Crippen molar-refractivity contribution in [2.75, 3.05) is 40.1 Å². The highest BCUT2D eigenvalue weighted by atomic mass is 32.2. The molecule has 2 aliphatic rings. The normalized spacial score (nSPS) is 16.4. The monoisotopic (exact) mass is 483 g/mol. The highest BCUT2D eigenvalue weighted by molar-refractivity contribution is 7.89. The highest BCUT2D eigenvalue weighted by Gasteiger charge is 2.30. The van der Waals surface area contributed by atoms with Gasteiger partial charge < -0.3 is 23.8 Å². The van der Waals surface area contributed by atoms with Crippen LogP contribution in [0.3, 0.4) is 0 Å². The van der Waals surface area contributed by atoms with Crippen molar-refractivity contribution < 1.29 is 32.3 Å². The SMILES string of the molecule is COc1ccccc1Oc1ccc(S(=O)(=O)N2CC[NH+](Cc3ccc4c(c3)OCO4)CC2)cc1. The number of sulfonamides is 1. The van der Waals surface area contributed by atoms with Crippen LogP contribution >= 0.6 is 0 Å². The van der Waals surface area contributed by atoms with Gasteiger partial charge in [0.25, 0.3) is 0 Å². The topological polar surface area (TPSA) is 78.7 Å². The Kier molecular flexibility index (Phi) is 6.32. The molecular weight excluding hydrogens is 456 g/mol. The van der Waals surface area contributed by atoms with Crippen molar-refractivity contribution in [3.63, 3.8) is 0 Å². The van der Waals surface area contributed by atoms with Crippen LogP contribution in [-0.4, -0.2) is 52.8 Å². The van der Waals surface area contributed by atoms with Gasteiger partial charge in [0, 0.05) is 5.56 Å². The number of hydrogen-bond acceptors (Lipinski definition) is 6. The molecule has 1 fully saturated rings. The number of methoxy groups -OCH3 is 1. The van der Waals surface area contributed by atoms with Gasteiger partial charge in [-0.1, -0.05) is 12.1 Å². The fourth-order valence-electron chi connectivity index (χ4n) is 4.22. The standard InChI is InChI=1S/C25H26N2O6S/c1-30-22-4-2-3-5-24(22)33-20-7-9-21(10-8-20)34(28,29)27-14-12-26(13-15-27)17-19-6-11-23-25(16-19)32-18-31-23/h2-11,16H,12-15,17-18H2,1H3/p+1. The van der Waals surface area contributed by atoms with E-state index in [9.17, 15) is 8.42 Å². The average Bonchev–Trinajstić information content (AvgIpc) is 3.33. The summed E-state index contributed by atoms with van der Waals surface area (Å²) in [6.07, 6.45) is 0. The molecule has 3 aromatic carbocycles. The number of ether oxygens (including phenoxy) is 4. The third-order valence-corrected chi connectivity index (χ3v) is 7.99. The van der Waals surface area contributed by atoms with Crippen LogP contribution in [0.15, 0.2) is 71.6 Å². The van der Waals surface area contributed by atoms with E-state index >= 15 is 0 Å². The molecule has 1 saturated heterocycles. The molecule has 0 radical (unpaired) electrons. The molecule has 0 atom stereocenters. The van der Waals surface area contributed by atoms with E-state index in [4.69, 9.17) is 18.9 Å². The lowest BCUT2D eigenvalue weighted by Gasteiger charge is -2.31. The van der Waals surface area contributed by atoms with E-state index in [2.05, 4.69) is 0 Å². The second kappa shape index (κ2) is 9.54. The summed E-state index contributed by atoms with van der Waals surface area (Å²) in [4.78, 5) is 1.60. The summed E-state index contributed by atoms with van der Waals surface area (Å²) < 4.78 is 49.9. The van der Waals surface area contributed by atoms with E-state index < -0.39 is 10.0 Å². The summed E-state index contributed by atoms with van der Waals surface area (Å²) in [7, 11) is -1.99. The van der Waals surface area contributed by atoms with Crippen LogP contribution in [0.25, 0.3) is 0 Å². The quantitative estimate of drug-likeness (QED) is 0.556. The Morgan fingerprint density at radius 2 is 1.62 bits per heavy atom. The Bertz CT molecular complexity index is 1250. The maximum Gasteiger partial charge on any atom is 0.243 e. The van der Waals surface area contributed by atoms with E-state index in [0.717, 1.165) is 36.7 Å². The molecule has 1 N–H and O–H groups in total. The van der Waals surface area contributed by atoms with Gasteiger partial charge in [-0.2, -0.15) is 4.31 Å². The molecule has 178 valence electrons. The van der Waals surface area contributed by atoms with Gasteiger partial charge in [0.2, 0.25) is 16.8 Å². The van der Waals surface area contributed by atoms with E-state index in [1.807, 2.05) is 36.4 Å². The van der Waals surface area contributed by atoms with Gasteiger partial charge in [0.15, 0.2) is 23.0 Å². The van der Waals surface area contributed by atoms with Crippen LogP contribution in [0.2, 0.25) is 0 Å². The van der Waals surface area contributed by atoms with Crippen molar-refractivity contribution in [3.8, 4) is 28.7 Å². The molecule has 0 spiro atoms. The molecule has 0 saturated carbocycles. The fourth-order valence-corrected chi connectivity index (χ4v) is 5.66. The lowest BCUT2D eigenvalue weighted by molar-refractivity contribution is -0.917. The zero-order valence-corrected chi connectivity index (χ0v) is 19.7. The summed E-state index contributed by atoms with van der Waals surface area (Å²) in [5.74, 6) is 3.27. The molecule has 3 aromatic rings. The van der Waals surface area contributed by atoms with Crippen LogP contribution in [0.1, 0.15) is 5.56 Å². The first-order chi connectivity index (χ1) is 16.5. The van der Waals surface area contributed by atoms with Crippen LogP contribution in [0.5, 0.6) is 28.7 Å². The van der Waals surface area contributed by atoms with Gasteiger partial charge >= 0.3 is 0 Å². The summed E-state index contributed by atoms with van der Waals surface area (Å²) in [5.41, 5.74) is 1.15. The second-order valence-corrected chi connectivity index (χ2v) is 10.2. The molecule has 5 rings (SSSR count). The van der Waals surface area contributed by atoms with Gasteiger partial charge in [-0.05, 0) is 54.6 Å². The maximum absolute atomic E-state index is 13.2. The number of para-hydroxylation sites is 2. The third kappa shape index (κ3) is 4.68. The zero-order valence-electron chi connectivity index (χ0n) is 18.9. The maximum atomic E-state index is 13.2. The van der Waals surface area contributed by atoms with Gasteiger partial charge in [0.1, 0.15) is 12.3 Å². The summed E-state index contributed by atoms with van der Waals surface area (Å²) in [6, 6.07) is 19.8. The van der Waals surface area contributed by atoms with E-state index in [1.54, 1.807) is 41.7 Å². The first-order valence-corrected chi connectivity index (χ1v) is 12.6. The van der Waals surface area contributed by atoms with Gasteiger partial charge in [-0.25, -0.2) is 8.42 Å². The predicted octanol–water partition coefficient (Wildman–Crippen LogP) is 2.31. The molecule has 34 heavy (non-hydrogen) atoms. The molecule has 0 aliphatic carbocycles. The second-order valence-electron chi connectivity index (χ2n) is 8.24. The third-order valence-electron chi connectivity index (χ3n) is 6.08. The number of rotatable bonds is 7. The molecule has 0 aromatic heterocycles. The summed E-state index contributed by atoms with van der Waals surface area (Å²) in [5, 5.41) is 0. The molecule has 0 amide bonds. The largest absolute Gasteiger partial charge is 0.493 e. The molecule has 8 nitrogen and oxygen atoms in total. The number of nitrogens with one attached hydrogen (secondary N) is 1. The van der Waals surface area contributed by atoms with Crippen molar-refractivity contribution >= 4 is 10.0 Å². The van der Waals surface area contributed by atoms with Crippen LogP contribution in [0.4, 0.5) is 0 Å². The van der Waals surface area contributed by atoms with Crippen molar-refractivity contribution in [3.05, 3.63) is 72.3 Å². The first-order valence-electron chi connectivity index (χ1n) is 11.2. The number of piperazine rings is 1. The van der Waals surface area contributed by atoms with Gasteiger partial charge in [0.05, 0.1) is 38.2 Å². The molecule has 2 aliphatic heterocycles. The Morgan fingerprint density at radius 1 is 0.912 bits per heavy atom. The Hall–Kier alpha value is -3.27. The number of nitrogens with zero attached hydrogens (tertiary/aromatic N) is 1. The smallest absolute Gasteiger partial charge is 0.243 e. The van der Waals surface area contributed by atoms with E-state index in [0.29, 0.717) is 30.3 Å². The van der Waals surface area contributed by atoms with Crippen molar-refractivity contribution in [2.45, 2.75) is 11.4 Å². The summed E-state index contributed by atoms with van der Waals surface area (Å²) >= 11 is 0. The lowest BCUT2D eigenvalue weighted by atomic mass is 10.2. The van der Waals surface area contributed by atoms with Crippen molar-refractivity contribution in [1.82, 2.24) is 4.31 Å². The minimum Gasteiger partial charge on any atom is -0.493 e. The van der Waals surface area contributed by atoms with E-state index in [-0.39, 0.29) is 11.7 Å². The molecule has 9 heteroatoms. The fraction of sp³-hybridized carbons (Fsp3) is 0.280. The minimum absolute atomic E-state index is 0.260. The van der Waals surface area contributed by atoms with Gasteiger partial charge in [-0.15, -0.1) is 0 Å². The number of hydrogen-bond donors (Lipinski definition) is 1. The summed E-state index contributed by atoms with van der Waals surface area (Å²) in [6.45, 7) is 3.50. The average molecular weight is 484 g/mol. The van der Waals surface area contributed by atoms with Crippen LogP contribution in [0, 0.1) is 0 Å². The van der Waals surface area contributed by atoms with Crippen LogP contribution < -0.4 is 23.8 Å².